The van der Waals surface area contributed by atoms with Gasteiger partial charge in [-0.3, -0.25) is 0 Å². The van der Waals surface area contributed by atoms with Crippen LogP contribution in [0.2, 0.25) is 0 Å². The maximum Gasteiger partial charge on any atom is 0.243 e. The Bertz CT molecular complexity index is 1270. The van der Waals surface area contributed by atoms with Gasteiger partial charge in [0.05, 0.1) is 21.8 Å². The number of anilines is 1. The molecule has 0 aliphatic carbocycles. The fraction of sp³-hybridized carbons (Fsp3) is 0.407. The Hall–Kier alpha value is -2.57. The molecule has 0 radical (unpaired) electrons. The van der Waals surface area contributed by atoms with E-state index in [1.165, 1.54) is 22.6 Å². The highest BCUT2D eigenvalue weighted by atomic mass is 32.2. The molecule has 5 rings (SSSR count). The van der Waals surface area contributed by atoms with Gasteiger partial charge in [0, 0.05) is 31.5 Å². The van der Waals surface area contributed by atoms with Crippen LogP contribution in [0, 0.1) is 6.92 Å². The molecule has 2 aliphatic rings. The van der Waals surface area contributed by atoms with Crippen LogP contribution in [0.25, 0.3) is 5.69 Å². The Labute approximate surface area is 197 Å². The third-order valence-corrected chi connectivity index (χ3v) is 9.39. The van der Waals surface area contributed by atoms with Gasteiger partial charge in [0.2, 0.25) is 10.0 Å². The molecule has 1 fully saturated rings. The van der Waals surface area contributed by atoms with Gasteiger partial charge in [-0.15, -0.1) is 0 Å². The van der Waals surface area contributed by atoms with E-state index in [-0.39, 0.29) is 5.54 Å². The number of hydrogen-bond acceptors (Lipinski definition) is 3. The number of benzene rings is 2. The first-order valence-corrected chi connectivity index (χ1v) is 13.4. The molecule has 0 amide bonds. The molecule has 5 nitrogen and oxygen atoms in total. The van der Waals surface area contributed by atoms with Gasteiger partial charge in [-0.2, -0.15) is 4.31 Å². The summed E-state index contributed by atoms with van der Waals surface area (Å²) < 4.78 is 30.9. The molecular weight excluding hydrogens is 430 g/mol. The zero-order valence-corrected chi connectivity index (χ0v) is 20.8. The van der Waals surface area contributed by atoms with Crippen LogP contribution in [-0.2, 0) is 15.6 Å². The first kappa shape index (κ1) is 22.2. The lowest BCUT2D eigenvalue weighted by molar-refractivity contribution is 0.215. The van der Waals surface area contributed by atoms with Gasteiger partial charge in [0.25, 0.3) is 0 Å². The van der Waals surface area contributed by atoms with Crippen molar-refractivity contribution < 1.29 is 8.42 Å². The normalized spacial score (nSPS) is 17.9. The van der Waals surface area contributed by atoms with Crippen molar-refractivity contribution in [1.29, 1.82) is 0 Å². The number of aryl methyl sites for hydroxylation is 1. The van der Waals surface area contributed by atoms with Crippen molar-refractivity contribution in [3.63, 3.8) is 0 Å². The topological polar surface area (TPSA) is 45.5 Å². The number of rotatable bonds is 4. The lowest BCUT2D eigenvalue weighted by Gasteiger charge is -2.52. The summed E-state index contributed by atoms with van der Waals surface area (Å²) >= 11 is 0. The molecule has 0 unspecified atom stereocenters. The second-order valence-corrected chi connectivity index (χ2v) is 11.6. The second kappa shape index (κ2) is 8.03. The Morgan fingerprint density at radius 2 is 1.67 bits per heavy atom. The van der Waals surface area contributed by atoms with Crippen LogP contribution in [0.4, 0.5) is 5.69 Å². The molecule has 33 heavy (non-hydrogen) atoms. The van der Waals surface area contributed by atoms with E-state index in [1.54, 1.807) is 16.4 Å². The van der Waals surface area contributed by atoms with Crippen LogP contribution < -0.4 is 4.90 Å². The van der Waals surface area contributed by atoms with E-state index >= 15 is 0 Å². The van der Waals surface area contributed by atoms with Crippen molar-refractivity contribution >= 4 is 15.7 Å². The number of sulfonamides is 1. The standard InChI is InChI=1S/C27H33N3O2S/c1-5-30-25-19-21(4)8-13-24(25)29-16-6-7-26(29)27(30)14-17-28(18-15-27)33(31,32)23-11-9-22(10-12-23)20(2)3/h6-13,16,19-20H,5,14-15,17-18H2,1-4H3. The van der Waals surface area contributed by atoms with Gasteiger partial charge in [-0.25, -0.2) is 8.42 Å². The molecule has 6 heteroatoms. The van der Waals surface area contributed by atoms with Crippen LogP contribution in [0.3, 0.4) is 0 Å². The molecule has 3 heterocycles. The largest absolute Gasteiger partial charge is 0.359 e. The molecule has 1 aromatic heterocycles. The first-order valence-electron chi connectivity index (χ1n) is 11.9. The summed E-state index contributed by atoms with van der Waals surface area (Å²) in [6.07, 6.45) is 3.67. The molecule has 0 atom stereocenters. The second-order valence-electron chi connectivity index (χ2n) is 9.66. The Balaban J connectivity index is 1.47. The van der Waals surface area contributed by atoms with E-state index < -0.39 is 10.0 Å². The van der Waals surface area contributed by atoms with E-state index in [2.05, 4.69) is 73.7 Å². The molecule has 2 aliphatic heterocycles. The quantitative estimate of drug-likeness (QED) is 0.518. The van der Waals surface area contributed by atoms with Gasteiger partial charge in [-0.1, -0.05) is 32.0 Å². The smallest absolute Gasteiger partial charge is 0.243 e. The van der Waals surface area contributed by atoms with Crippen molar-refractivity contribution in [3.8, 4) is 5.69 Å². The lowest BCUT2D eigenvalue weighted by atomic mass is 9.81. The molecule has 2 aromatic carbocycles. The first-order chi connectivity index (χ1) is 15.8. The van der Waals surface area contributed by atoms with Gasteiger partial charge >= 0.3 is 0 Å². The van der Waals surface area contributed by atoms with Gasteiger partial charge < -0.3 is 9.47 Å². The molecule has 0 saturated carbocycles. The number of hydrogen-bond donors (Lipinski definition) is 0. The SMILES string of the molecule is CCN1c2cc(C)ccc2-n2cccc2C12CCN(S(=O)(=O)c1ccc(C(C)C)cc1)CC2. The molecule has 0 bridgehead atoms. The average Bonchev–Trinajstić information content (AvgIpc) is 3.31. The van der Waals surface area contributed by atoms with Crippen molar-refractivity contribution in [2.75, 3.05) is 24.5 Å². The zero-order chi connectivity index (χ0) is 23.4. The van der Waals surface area contributed by atoms with E-state index in [0.717, 1.165) is 24.9 Å². The van der Waals surface area contributed by atoms with Gasteiger partial charge in [0.1, 0.15) is 0 Å². The minimum Gasteiger partial charge on any atom is -0.359 e. The summed E-state index contributed by atoms with van der Waals surface area (Å²) in [6, 6.07) is 18.3. The molecular formula is C27H33N3O2S. The highest BCUT2D eigenvalue weighted by molar-refractivity contribution is 7.89. The van der Waals surface area contributed by atoms with Crippen LogP contribution >= 0.6 is 0 Å². The number of piperidine rings is 1. The average molecular weight is 464 g/mol. The molecule has 1 spiro atoms. The van der Waals surface area contributed by atoms with E-state index in [1.807, 2.05) is 12.1 Å². The number of fused-ring (bicyclic) bond motifs is 4. The molecule has 3 aromatic rings. The maximum atomic E-state index is 13.4. The van der Waals surface area contributed by atoms with Crippen LogP contribution in [0.15, 0.2) is 65.7 Å². The van der Waals surface area contributed by atoms with Crippen molar-refractivity contribution in [2.45, 2.75) is 56.9 Å². The van der Waals surface area contributed by atoms with Gasteiger partial charge in [-0.05, 0) is 80.1 Å². The minimum absolute atomic E-state index is 0.202. The summed E-state index contributed by atoms with van der Waals surface area (Å²) in [6.45, 7) is 10.5. The highest BCUT2D eigenvalue weighted by Gasteiger charge is 2.47. The maximum absolute atomic E-state index is 13.4. The van der Waals surface area contributed by atoms with Crippen LogP contribution in [-0.4, -0.2) is 36.9 Å². The Morgan fingerprint density at radius 3 is 2.30 bits per heavy atom. The summed E-state index contributed by atoms with van der Waals surface area (Å²) in [5.74, 6) is 0.380. The number of nitrogens with zero attached hydrogens (tertiary/aromatic N) is 3. The minimum atomic E-state index is -3.51. The summed E-state index contributed by atoms with van der Waals surface area (Å²) in [7, 11) is -3.51. The zero-order valence-electron chi connectivity index (χ0n) is 20.0. The van der Waals surface area contributed by atoms with E-state index in [0.29, 0.717) is 23.9 Å². The van der Waals surface area contributed by atoms with Crippen molar-refractivity contribution in [3.05, 3.63) is 77.6 Å². The summed E-state index contributed by atoms with van der Waals surface area (Å²) in [5.41, 5.74) is 5.89. The fourth-order valence-corrected chi connectivity index (χ4v) is 7.10. The predicted molar refractivity (Wildman–Crippen MR) is 134 cm³/mol. The van der Waals surface area contributed by atoms with Crippen LogP contribution in [0.1, 0.15) is 56.4 Å². The molecule has 0 N–H and O–H groups in total. The molecule has 1 saturated heterocycles. The highest BCUT2D eigenvalue weighted by Crippen LogP contribution is 2.48. The Morgan fingerprint density at radius 1 is 0.970 bits per heavy atom. The monoisotopic (exact) mass is 463 g/mol. The van der Waals surface area contributed by atoms with Crippen molar-refractivity contribution in [1.82, 2.24) is 8.87 Å². The Kier molecular flexibility index (Phi) is 5.41. The van der Waals surface area contributed by atoms with Crippen molar-refractivity contribution in [2.24, 2.45) is 0 Å². The van der Waals surface area contributed by atoms with Crippen LogP contribution in [0.5, 0.6) is 0 Å². The summed E-state index contributed by atoms with van der Waals surface area (Å²) in [4.78, 5) is 2.90. The van der Waals surface area contributed by atoms with Gasteiger partial charge in [0.15, 0.2) is 0 Å². The van der Waals surface area contributed by atoms with E-state index in [9.17, 15) is 8.42 Å². The predicted octanol–water partition coefficient (Wildman–Crippen LogP) is 5.43. The third kappa shape index (κ3) is 3.42. The fourth-order valence-electron chi connectivity index (χ4n) is 5.66. The summed E-state index contributed by atoms with van der Waals surface area (Å²) in [5, 5.41) is 0. The lowest BCUT2D eigenvalue weighted by Crippen LogP contribution is -2.56. The number of aromatic nitrogens is 1. The van der Waals surface area contributed by atoms with E-state index in [4.69, 9.17) is 0 Å². The third-order valence-electron chi connectivity index (χ3n) is 7.47. The molecule has 174 valence electrons.